The van der Waals surface area contributed by atoms with Crippen molar-refractivity contribution >= 4 is 27.5 Å². The molecular weight excluding hydrogens is 258 g/mol. The second-order valence-electron chi connectivity index (χ2n) is 4.54. The van der Waals surface area contributed by atoms with Gasteiger partial charge in [0.15, 0.2) is 0 Å². The van der Waals surface area contributed by atoms with Gasteiger partial charge in [-0.25, -0.2) is 4.57 Å². The van der Waals surface area contributed by atoms with Crippen molar-refractivity contribution in [2.75, 3.05) is 0 Å². The van der Waals surface area contributed by atoms with E-state index in [9.17, 15) is 0 Å². The van der Waals surface area contributed by atoms with Gasteiger partial charge in [-0.2, -0.15) is 9.61 Å². The van der Waals surface area contributed by atoms with E-state index in [2.05, 4.69) is 25.7 Å². The van der Waals surface area contributed by atoms with E-state index in [1.165, 1.54) is 10.6 Å². The van der Waals surface area contributed by atoms with Crippen LogP contribution >= 0.6 is 11.3 Å². The smallest absolute Gasteiger partial charge is 0.251 e. The fourth-order valence-electron chi connectivity index (χ4n) is 2.62. The number of thiazole rings is 1. The van der Waals surface area contributed by atoms with Crippen LogP contribution in [0, 0.1) is 0 Å². The second-order valence-corrected chi connectivity index (χ2v) is 5.52. The van der Waals surface area contributed by atoms with Gasteiger partial charge in [0.2, 0.25) is 9.84 Å². The highest BCUT2D eigenvalue weighted by Gasteiger charge is 2.33. The minimum Gasteiger partial charge on any atom is -0.251 e. The average molecular weight is 266 g/mol. The number of rotatable bonds is 0. The summed E-state index contributed by atoms with van der Waals surface area (Å²) >= 11 is 1.70. The van der Waals surface area contributed by atoms with Crippen LogP contribution in [-0.4, -0.2) is 19.6 Å². The Balaban J connectivity index is 1.93. The first-order chi connectivity index (χ1) is 9.42. The number of nitrogens with zero attached hydrogens (tertiary/aromatic N) is 5. The summed E-state index contributed by atoms with van der Waals surface area (Å²) in [6.45, 7) is 0.850. The number of hydrogen-bond acceptors (Lipinski definition) is 4. The Kier molecular flexibility index (Phi) is 1.59. The number of imidazole rings is 1. The van der Waals surface area contributed by atoms with Crippen molar-refractivity contribution in [3.8, 4) is 10.7 Å². The minimum absolute atomic E-state index is 0.850. The van der Waals surface area contributed by atoms with Crippen molar-refractivity contribution in [1.29, 1.82) is 0 Å². The van der Waals surface area contributed by atoms with Gasteiger partial charge >= 0.3 is 5.65 Å². The van der Waals surface area contributed by atoms with E-state index >= 15 is 0 Å². The summed E-state index contributed by atoms with van der Waals surface area (Å²) in [5.41, 5.74) is 4.23. The van der Waals surface area contributed by atoms with E-state index in [0.29, 0.717) is 0 Å². The van der Waals surface area contributed by atoms with Gasteiger partial charge in [-0.1, -0.05) is 17.4 Å². The predicted octanol–water partition coefficient (Wildman–Crippen LogP) is 1.66. The third kappa shape index (κ3) is 1.09. The van der Waals surface area contributed by atoms with Gasteiger partial charge in [-0.05, 0) is 17.1 Å². The zero-order valence-corrected chi connectivity index (χ0v) is 10.6. The fraction of sp³-hybridized carbons (Fsp3) is 0.0769. The topological polar surface area (TPSA) is 47.0 Å². The quantitative estimate of drug-likeness (QED) is 0.400. The summed E-state index contributed by atoms with van der Waals surface area (Å²) in [5.74, 6) is 0. The molecule has 5 nitrogen and oxygen atoms in total. The van der Waals surface area contributed by atoms with Crippen LogP contribution in [0.3, 0.4) is 0 Å². The fourth-order valence-corrected chi connectivity index (χ4v) is 3.81. The molecule has 0 spiro atoms. The van der Waals surface area contributed by atoms with Gasteiger partial charge in [0, 0.05) is 24.0 Å². The normalized spacial score (nSPS) is 13.1. The van der Waals surface area contributed by atoms with Gasteiger partial charge in [0.25, 0.3) is 5.65 Å². The summed E-state index contributed by atoms with van der Waals surface area (Å²) in [5, 5.41) is 5.54. The van der Waals surface area contributed by atoms with E-state index in [0.717, 1.165) is 28.4 Å². The Hall–Kier alpha value is -2.34. The molecule has 0 atom stereocenters. The molecule has 0 radical (unpaired) electrons. The van der Waals surface area contributed by atoms with Crippen LogP contribution in [0.1, 0.15) is 5.56 Å². The molecule has 6 heteroatoms. The van der Waals surface area contributed by atoms with Crippen LogP contribution in [0.25, 0.3) is 26.8 Å². The molecule has 19 heavy (non-hydrogen) atoms. The van der Waals surface area contributed by atoms with Crippen molar-refractivity contribution in [3.05, 3.63) is 42.2 Å². The van der Waals surface area contributed by atoms with Gasteiger partial charge < -0.3 is 0 Å². The van der Waals surface area contributed by atoms with Crippen molar-refractivity contribution in [2.45, 2.75) is 6.54 Å². The average Bonchev–Trinajstić information content (AvgIpc) is 3.07. The minimum atomic E-state index is 0.850. The predicted molar refractivity (Wildman–Crippen MR) is 70.9 cm³/mol. The zero-order chi connectivity index (χ0) is 12.4. The van der Waals surface area contributed by atoms with Crippen molar-refractivity contribution in [3.63, 3.8) is 0 Å². The monoisotopic (exact) mass is 266 g/mol. The lowest BCUT2D eigenvalue weighted by atomic mass is 10.2. The maximum absolute atomic E-state index is 4.68. The molecular formula is C13H8N5S+. The van der Waals surface area contributed by atoms with E-state index in [-0.39, 0.29) is 0 Å². The van der Waals surface area contributed by atoms with Crippen LogP contribution in [0.2, 0.25) is 0 Å². The summed E-state index contributed by atoms with van der Waals surface area (Å²) in [6, 6.07) is 8.00. The van der Waals surface area contributed by atoms with E-state index < -0.39 is 0 Å². The lowest BCUT2D eigenvalue weighted by Crippen LogP contribution is -2.30. The van der Waals surface area contributed by atoms with Crippen LogP contribution < -0.4 is 4.57 Å². The Morgan fingerprint density at radius 2 is 2.16 bits per heavy atom. The Labute approximate surface area is 111 Å². The maximum Gasteiger partial charge on any atom is 0.363 e. The number of pyridine rings is 1. The highest BCUT2D eigenvalue weighted by atomic mass is 32.1. The standard InChI is InChI=1S/C13H8N5S/c1-3-8-7-17-11-13(19-12(17)10(8)14-5-1)18-9(16-11)4-2-6-15-18/h1-6H,7H2/q+1. The Bertz CT molecular complexity index is 952. The Morgan fingerprint density at radius 1 is 1.21 bits per heavy atom. The maximum atomic E-state index is 4.68. The highest BCUT2D eigenvalue weighted by molar-refractivity contribution is 7.20. The first-order valence-corrected chi connectivity index (χ1v) is 6.84. The van der Waals surface area contributed by atoms with Gasteiger partial charge in [-0.15, -0.1) is 0 Å². The molecule has 0 fully saturated rings. The summed E-state index contributed by atoms with van der Waals surface area (Å²) in [6.07, 6.45) is 3.63. The molecule has 4 aromatic heterocycles. The molecule has 1 aliphatic rings. The lowest BCUT2D eigenvalue weighted by Gasteiger charge is -1.91. The van der Waals surface area contributed by atoms with Crippen molar-refractivity contribution < 1.29 is 4.57 Å². The summed E-state index contributed by atoms with van der Waals surface area (Å²) in [7, 11) is 0. The van der Waals surface area contributed by atoms with Crippen molar-refractivity contribution in [1.82, 2.24) is 19.6 Å². The van der Waals surface area contributed by atoms with E-state index in [1.807, 2.05) is 28.9 Å². The zero-order valence-electron chi connectivity index (χ0n) is 9.82. The van der Waals surface area contributed by atoms with Gasteiger partial charge in [-0.3, -0.25) is 4.98 Å². The van der Waals surface area contributed by atoms with Crippen LogP contribution in [0.5, 0.6) is 0 Å². The molecule has 0 amide bonds. The molecule has 0 saturated heterocycles. The molecule has 0 bridgehead atoms. The molecule has 0 aliphatic carbocycles. The van der Waals surface area contributed by atoms with Crippen molar-refractivity contribution in [2.24, 2.45) is 0 Å². The first kappa shape index (κ1) is 9.57. The van der Waals surface area contributed by atoms with E-state index in [1.54, 1.807) is 17.5 Å². The number of aromatic nitrogens is 5. The molecule has 0 saturated carbocycles. The third-order valence-corrected chi connectivity index (χ3v) is 4.61. The SMILES string of the molecule is c1cnc2c(c1)C[n+]1c-2sc2c1nc1cccnn12. The molecule has 5 rings (SSSR count). The molecule has 0 N–H and O–H groups in total. The molecule has 0 aromatic carbocycles. The molecule has 1 aliphatic heterocycles. The third-order valence-electron chi connectivity index (χ3n) is 3.45. The van der Waals surface area contributed by atoms with Crippen LogP contribution in [0.15, 0.2) is 36.7 Å². The summed E-state index contributed by atoms with van der Waals surface area (Å²) in [4.78, 5) is 10.2. The molecule has 90 valence electrons. The first-order valence-electron chi connectivity index (χ1n) is 6.02. The molecule has 5 heterocycles. The van der Waals surface area contributed by atoms with Gasteiger partial charge in [0.1, 0.15) is 12.2 Å². The van der Waals surface area contributed by atoms with E-state index in [4.69, 9.17) is 0 Å². The van der Waals surface area contributed by atoms with Crippen LogP contribution in [0.4, 0.5) is 0 Å². The highest BCUT2D eigenvalue weighted by Crippen LogP contribution is 2.33. The molecule has 4 aromatic rings. The second kappa shape index (κ2) is 3.16. The van der Waals surface area contributed by atoms with Gasteiger partial charge in [0.05, 0.1) is 0 Å². The number of fused-ring (bicyclic) bond motifs is 7. The Morgan fingerprint density at radius 3 is 3.16 bits per heavy atom. The van der Waals surface area contributed by atoms with Crippen LogP contribution in [-0.2, 0) is 6.54 Å². The number of hydrogen-bond donors (Lipinski definition) is 0. The molecule has 0 unspecified atom stereocenters. The summed E-state index contributed by atoms with van der Waals surface area (Å²) < 4.78 is 4.13. The lowest BCUT2D eigenvalue weighted by molar-refractivity contribution is -0.643. The largest absolute Gasteiger partial charge is 0.363 e.